The Bertz CT molecular complexity index is 306. The summed E-state index contributed by atoms with van der Waals surface area (Å²) in [5.74, 6) is 0. The van der Waals surface area contributed by atoms with E-state index in [0.717, 1.165) is 15.9 Å². The second kappa shape index (κ2) is 5.73. The van der Waals surface area contributed by atoms with Gasteiger partial charge in [-0.15, -0.1) is 11.8 Å². The molecular formula is C10H14BrNOS. The summed E-state index contributed by atoms with van der Waals surface area (Å²) >= 11 is 5.09. The Labute approximate surface area is 97.3 Å². The SMILES string of the molecule is Cc1cc(Br)cnc1SC(C)CCO. The fourth-order valence-electron chi connectivity index (χ4n) is 1.08. The van der Waals surface area contributed by atoms with E-state index in [2.05, 4.69) is 33.9 Å². The van der Waals surface area contributed by atoms with E-state index in [-0.39, 0.29) is 6.61 Å². The minimum atomic E-state index is 0.240. The Morgan fingerprint density at radius 3 is 2.93 bits per heavy atom. The number of aliphatic hydroxyl groups excluding tert-OH is 1. The van der Waals surface area contributed by atoms with Gasteiger partial charge in [0.2, 0.25) is 0 Å². The second-order valence-corrected chi connectivity index (χ2v) is 5.56. The molecule has 0 radical (unpaired) electrons. The molecule has 1 rings (SSSR count). The second-order valence-electron chi connectivity index (χ2n) is 3.22. The molecule has 0 saturated carbocycles. The van der Waals surface area contributed by atoms with Crippen molar-refractivity contribution in [3.63, 3.8) is 0 Å². The van der Waals surface area contributed by atoms with Gasteiger partial charge in [0.15, 0.2) is 0 Å². The van der Waals surface area contributed by atoms with Gasteiger partial charge in [-0.1, -0.05) is 6.92 Å². The number of hydrogen-bond acceptors (Lipinski definition) is 3. The molecule has 0 bridgehead atoms. The number of rotatable bonds is 4. The summed E-state index contributed by atoms with van der Waals surface area (Å²) in [5, 5.41) is 10.2. The van der Waals surface area contributed by atoms with Crippen LogP contribution in [0.2, 0.25) is 0 Å². The summed E-state index contributed by atoms with van der Waals surface area (Å²) in [6.07, 6.45) is 2.61. The van der Waals surface area contributed by atoms with Crippen molar-refractivity contribution in [2.24, 2.45) is 0 Å². The van der Waals surface area contributed by atoms with Gasteiger partial charge in [-0.05, 0) is 40.9 Å². The zero-order valence-electron chi connectivity index (χ0n) is 8.33. The molecule has 1 heterocycles. The fraction of sp³-hybridized carbons (Fsp3) is 0.500. The van der Waals surface area contributed by atoms with Crippen molar-refractivity contribution in [1.29, 1.82) is 0 Å². The lowest BCUT2D eigenvalue weighted by Crippen LogP contribution is -2.00. The van der Waals surface area contributed by atoms with Gasteiger partial charge in [0.1, 0.15) is 0 Å². The summed E-state index contributed by atoms with van der Waals surface area (Å²) in [6.45, 7) is 4.39. The molecule has 0 fully saturated rings. The molecule has 1 unspecified atom stereocenters. The first-order valence-corrected chi connectivity index (χ1v) is 6.20. The average Bonchev–Trinajstić information content (AvgIpc) is 2.10. The van der Waals surface area contributed by atoms with E-state index in [4.69, 9.17) is 5.11 Å². The highest BCUT2D eigenvalue weighted by Crippen LogP contribution is 2.27. The highest BCUT2D eigenvalue weighted by molar-refractivity contribution is 9.10. The van der Waals surface area contributed by atoms with Crippen molar-refractivity contribution < 1.29 is 5.11 Å². The molecule has 14 heavy (non-hydrogen) atoms. The highest BCUT2D eigenvalue weighted by atomic mass is 79.9. The number of aromatic nitrogens is 1. The van der Waals surface area contributed by atoms with Crippen molar-refractivity contribution in [3.8, 4) is 0 Å². The van der Waals surface area contributed by atoms with Gasteiger partial charge >= 0.3 is 0 Å². The molecule has 0 amide bonds. The minimum Gasteiger partial charge on any atom is -0.396 e. The molecule has 0 spiro atoms. The van der Waals surface area contributed by atoms with Crippen LogP contribution in [0, 0.1) is 6.92 Å². The normalized spacial score (nSPS) is 12.9. The maximum Gasteiger partial charge on any atom is 0.0992 e. The van der Waals surface area contributed by atoms with Gasteiger partial charge in [0.05, 0.1) is 5.03 Å². The van der Waals surface area contributed by atoms with Crippen LogP contribution in [0.3, 0.4) is 0 Å². The monoisotopic (exact) mass is 275 g/mol. The average molecular weight is 276 g/mol. The standard InChI is InChI=1S/C10H14BrNOS/c1-7-5-9(11)6-12-10(7)14-8(2)3-4-13/h5-6,8,13H,3-4H2,1-2H3. The topological polar surface area (TPSA) is 33.1 Å². The molecule has 1 aromatic rings. The molecule has 1 N–H and O–H groups in total. The molecule has 1 atom stereocenters. The van der Waals surface area contributed by atoms with Crippen LogP contribution in [0.1, 0.15) is 18.9 Å². The maximum atomic E-state index is 8.79. The van der Waals surface area contributed by atoms with E-state index in [9.17, 15) is 0 Å². The molecule has 0 aliphatic rings. The molecule has 4 heteroatoms. The van der Waals surface area contributed by atoms with Crippen molar-refractivity contribution in [1.82, 2.24) is 4.98 Å². The van der Waals surface area contributed by atoms with Gasteiger partial charge in [0, 0.05) is 22.5 Å². The quantitative estimate of drug-likeness (QED) is 0.858. The Kier molecular flexibility index (Phi) is 4.92. The predicted molar refractivity (Wildman–Crippen MR) is 63.7 cm³/mol. The van der Waals surface area contributed by atoms with Gasteiger partial charge in [-0.25, -0.2) is 4.98 Å². The van der Waals surface area contributed by atoms with E-state index in [1.54, 1.807) is 18.0 Å². The molecule has 0 aliphatic carbocycles. The molecule has 78 valence electrons. The lowest BCUT2D eigenvalue weighted by molar-refractivity contribution is 0.289. The number of halogens is 1. The number of pyridine rings is 1. The van der Waals surface area contributed by atoms with E-state index >= 15 is 0 Å². The molecule has 0 saturated heterocycles. The summed E-state index contributed by atoms with van der Waals surface area (Å²) in [4.78, 5) is 4.33. The number of nitrogens with zero attached hydrogens (tertiary/aromatic N) is 1. The third-order valence-electron chi connectivity index (χ3n) is 1.85. The van der Waals surface area contributed by atoms with Crippen molar-refractivity contribution in [2.75, 3.05) is 6.61 Å². The lowest BCUT2D eigenvalue weighted by atomic mass is 10.3. The fourth-order valence-corrected chi connectivity index (χ4v) is 2.49. The number of thioether (sulfide) groups is 1. The first-order chi connectivity index (χ1) is 6.63. The third-order valence-corrected chi connectivity index (χ3v) is 3.57. The zero-order chi connectivity index (χ0) is 10.6. The Balaban J connectivity index is 2.67. The lowest BCUT2D eigenvalue weighted by Gasteiger charge is -2.10. The van der Waals surface area contributed by atoms with Gasteiger partial charge in [-0.3, -0.25) is 0 Å². The van der Waals surface area contributed by atoms with Crippen LogP contribution in [0.25, 0.3) is 0 Å². The highest BCUT2D eigenvalue weighted by Gasteiger charge is 2.07. The predicted octanol–water partition coefficient (Wildman–Crippen LogP) is 3.02. The summed E-state index contributed by atoms with van der Waals surface area (Å²) in [7, 11) is 0. The minimum absolute atomic E-state index is 0.240. The first kappa shape index (κ1) is 12.0. The van der Waals surface area contributed by atoms with Crippen LogP contribution in [0.15, 0.2) is 21.8 Å². The number of aryl methyl sites for hydroxylation is 1. The van der Waals surface area contributed by atoms with E-state index in [1.807, 2.05) is 6.92 Å². The van der Waals surface area contributed by atoms with Crippen LogP contribution in [0.5, 0.6) is 0 Å². The summed E-state index contributed by atoms with van der Waals surface area (Å²) < 4.78 is 1.01. The van der Waals surface area contributed by atoms with Gasteiger partial charge in [0.25, 0.3) is 0 Å². The number of aliphatic hydroxyl groups is 1. The first-order valence-electron chi connectivity index (χ1n) is 4.53. The molecular weight excluding hydrogens is 262 g/mol. The molecule has 2 nitrogen and oxygen atoms in total. The third kappa shape index (κ3) is 3.59. The smallest absolute Gasteiger partial charge is 0.0992 e. The van der Waals surface area contributed by atoms with E-state index in [0.29, 0.717) is 5.25 Å². The summed E-state index contributed by atoms with van der Waals surface area (Å²) in [5.41, 5.74) is 1.18. The Morgan fingerprint density at radius 2 is 2.36 bits per heavy atom. The van der Waals surface area contributed by atoms with E-state index in [1.165, 1.54) is 5.56 Å². The van der Waals surface area contributed by atoms with Gasteiger partial charge < -0.3 is 5.11 Å². The molecule has 0 aromatic carbocycles. The van der Waals surface area contributed by atoms with E-state index < -0.39 is 0 Å². The Morgan fingerprint density at radius 1 is 1.64 bits per heavy atom. The van der Waals surface area contributed by atoms with Gasteiger partial charge in [-0.2, -0.15) is 0 Å². The largest absolute Gasteiger partial charge is 0.396 e. The van der Waals surface area contributed by atoms with Crippen molar-refractivity contribution >= 4 is 27.7 Å². The van der Waals surface area contributed by atoms with Crippen LogP contribution >= 0.6 is 27.7 Å². The number of hydrogen-bond donors (Lipinski definition) is 1. The van der Waals surface area contributed by atoms with Crippen LogP contribution in [0.4, 0.5) is 0 Å². The maximum absolute atomic E-state index is 8.79. The van der Waals surface area contributed by atoms with Crippen LogP contribution < -0.4 is 0 Å². The molecule has 0 aliphatic heterocycles. The zero-order valence-corrected chi connectivity index (χ0v) is 10.7. The molecule has 1 aromatic heterocycles. The van der Waals surface area contributed by atoms with Crippen LogP contribution in [-0.4, -0.2) is 21.9 Å². The van der Waals surface area contributed by atoms with Crippen molar-refractivity contribution in [3.05, 3.63) is 22.3 Å². The Hall–Kier alpha value is -0.0600. The van der Waals surface area contributed by atoms with Crippen LogP contribution in [-0.2, 0) is 0 Å². The van der Waals surface area contributed by atoms with Crippen molar-refractivity contribution in [2.45, 2.75) is 30.5 Å². The summed E-state index contributed by atoms with van der Waals surface area (Å²) in [6, 6.07) is 2.06.